The Bertz CT molecular complexity index is 389. The van der Waals surface area contributed by atoms with Crippen LogP contribution < -0.4 is 0 Å². The van der Waals surface area contributed by atoms with Crippen LogP contribution >= 0.6 is 0 Å². The van der Waals surface area contributed by atoms with Crippen molar-refractivity contribution in [1.29, 1.82) is 0 Å². The van der Waals surface area contributed by atoms with Crippen LogP contribution in [0.15, 0.2) is 30.3 Å². The second-order valence-electron chi connectivity index (χ2n) is 5.08. The van der Waals surface area contributed by atoms with Crippen molar-refractivity contribution in [2.45, 2.75) is 19.4 Å². The van der Waals surface area contributed by atoms with E-state index in [-0.39, 0.29) is 0 Å². The predicted molar refractivity (Wildman–Crippen MR) is 70.3 cm³/mol. The third-order valence-electron chi connectivity index (χ3n) is 2.98. The Kier molecular flexibility index (Phi) is 4.87. The smallest absolute Gasteiger partial charge is 0.307 e. The van der Waals surface area contributed by atoms with Crippen molar-refractivity contribution >= 4 is 5.97 Å². The first-order valence-electron chi connectivity index (χ1n) is 6.02. The number of hydrogen-bond donors (Lipinski definition) is 2. The van der Waals surface area contributed by atoms with Crippen LogP contribution in [-0.2, 0) is 10.4 Å². The Labute approximate surface area is 108 Å². The van der Waals surface area contributed by atoms with Crippen molar-refractivity contribution in [2.24, 2.45) is 5.92 Å². The van der Waals surface area contributed by atoms with E-state index in [4.69, 9.17) is 5.11 Å². The fourth-order valence-electron chi connectivity index (χ4n) is 2.02. The van der Waals surface area contributed by atoms with Crippen molar-refractivity contribution in [3.63, 3.8) is 0 Å². The molecule has 100 valence electrons. The predicted octanol–water partition coefficient (Wildman–Crippen LogP) is 1.55. The molecule has 0 fully saturated rings. The van der Waals surface area contributed by atoms with Gasteiger partial charge in [0.25, 0.3) is 0 Å². The maximum absolute atomic E-state index is 10.8. The summed E-state index contributed by atoms with van der Waals surface area (Å²) in [5.74, 6) is -1.26. The van der Waals surface area contributed by atoms with Gasteiger partial charge in [0.1, 0.15) is 0 Å². The van der Waals surface area contributed by atoms with Gasteiger partial charge in [-0.2, -0.15) is 0 Å². The summed E-state index contributed by atoms with van der Waals surface area (Å²) in [7, 11) is 1.82. The highest BCUT2D eigenvalue weighted by molar-refractivity contribution is 5.69. The zero-order valence-electron chi connectivity index (χ0n) is 11.1. The number of nitrogens with zero attached hydrogens (tertiary/aromatic N) is 1. The Hall–Kier alpha value is -1.39. The van der Waals surface area contributed by atoms with Gasteiger partial charge in [-0.15, -0.1) is 0 Å². The van der Waals surface area contributed by atoms with Gasteiger partial charge in [-0.3, -0.25) is 4.79 Å². The van der Waals surface area contributed by atoms with E-state index in [1.807, 2.05) is 42.3 Å². The molecule has 4 nitrogen and oxygen atoms in total. The molecule has 1 aromatic carbocycles. The molecule has 0 aliphatic carbocycles. The lowest BCUT2D eigenvalue weighted by molar-refractivity contribution is -0.141. The third kappa shape index (κ3) is 4.13. The fraction of sp³-hybridized carbons (Fsp3) is 0.500. The third-order valence-corrected chi connectivity index (χ3v) is 2.98. The monoisotopic (exact) mass is 251 g/mol. The van der Waals surface area contributed by atoms with E-state index in [0.29, 0.717) is 13.1 Å². The SMILES string of the molecule is CC(CN(C)CC(C)(O)c1ccccc1)C(=O)O. The van der Waals surface area contributed by atoms with Gasteiger partial charge < -0.3 is 15.1 Å². The number of likely N-dealkylation sites (N-methyl/N-ethyl adjacent to an activating group) is 1. The zero-order chi connectivity index (χ0) is 13.8. The lowest BCUT2D eigenvalue weighted by atomic mass is 9.95. The first kappa shape index (κ1) is 14.7. The molecule has 0 aliphatic rings. The largest absolute Gasteiger partial charge is 0.481 e. The van der Waals surface area contributed by atoms with Crippen LogP contribution in [0.25, 0.3) is 0 Å². The summed E-state index contributed by atoms with van der Waals surface area (Å²) in [5.41, 5.74) is -0.145. The molecule has 0 bridgehead atoms. The minimum Gasteiger partial charge on any atom is -0.481 e. The average molecular weight is 251 g/mol. The Morgan fingerprint density at radius 1 is 1.39 bits per heavy atom. The van der Waals surface area contributed by atoms with Gasteiger partial charge >= 0.3 is 5.97 Å². The molecular formula is C14H21NO3. The first-order valence-corrected chi connectivity index (χ1v) is 6.02. The molecule has 0 amide bonds. The van der Waals surface area contributed by atoms with Gasteiger partial charge in [-0.25, -0.2) is 0 Å². The van der Waals surface area contributed by atoms with Crippen LogP contribution in [0.5, 0.6) is 0 Å². The van der Waals surface area contributed by atoms with E-state index in [0.717, 1.165) is 5.56 Å². The van der Waals surface area contributed by atoms with Gasteiger partial charge in [-0.05, 0) is 19.5 Å². The summed E-state index contributed by atoms with van der Waals surface area (Å²) in [5, 5.41) is 19.3. The lowest BCUT2D eigenvalue weighted by Gasteiger charge is -2.30. The fourth-order valence-corrected chi connectivity index (χ4v) is 2.02. The quantitative estimate of drug-likeness (QED) is 0.805. The molecule has 0 saturated carbocycles. The van der Waals surface area contributed by atoms with Crippen LogP contribution in [-0.4, -0.2) is 41.2 Å². The molecule has 1 rings (SSSR count). The van der Waals surface area contributed by atoms with Crippen LogP contribution in [0.2, 0.25) is 0 Å². The van der Waals surface area contributed by atoms with E-state index < -0.39 is 17.5 Å². The molecule has 0 aromatic heterocycles. The van der Waals surface area contributed by atoms with Crippen LogP contribution in [0, 0.1) is 5.92 Å². The van der Waals surface area contributed by atoms with Gasteiger partial charge in [0.2, 0.25) is 0 Å². The molecule has 18 heavy (non-hydrogen) atoms. The van der Waals surface area contributed by atoms with E-state index in [9.17, 15) is 9.90 Å². The maximum atomic E-state index is 10.8. The normalized spacial score (nSPS) is 16.3. The molecule has 0 spiro atoms. The summed E-state index contributed by atoms with van der Waals surface area (Å²) in [4.78, 5) is 12.6. The number of carboxylic acids is 1. The molecule has 0 heterocycles. The number of carbonyl (C=O) groups is 1. The topological polar surface area (TPSA) is 60.8 Å². The summed E-state index contributed by atoms with van der Waals surface area (Å²) >= 11 is 0. The molecule has 1 aromatic rings. The second kappa shape index (κ2) is 5.98. The van der Waals surface area contributed by atoms with Crippen LogP contribution in [0.1, 0.15) is 19.4 Å². The number of benzene rings is 1. The van der Waals surface area contributed by atoms with E-state index in [1.54, 1.807) is 13.8 Å². The van der Waals surface area contributed by atoms with E-state index in [2.05, 4.69) is 0 Å². The summed E-state index contributed by atoms with van der Waals surface area (Å²) in [6.07, 6.45) is 0. The number of aliphatic carboxylic acids is 1. The highest BCUT2D eigenvalue weighted by atomic mass is 16.4. The number of rotatable bonds is 6. The molecule has 0 saturated heterocycles. The van der Waals surface area contributed by atoms with Gasteiger partial charge in [0.15, 0.2) is 0 Å². The van der Waals surface area contributed by atoms with E-state index in [1.165, 1.54) is 0 Å². The summed E-state index contributed by atoms with van der Waals surface area (Å²) < 4.78 is 0. The van der Waals surface area contributed by atoms with Gasteiger partial charge in [0, 0.05) is 13.1 Å². The highest BCUT2D eigenvalue weighted by Gasteiger charge is 2.26. The Morgan fingerprint density at radius 3 is 2.44 bits per heavy atom. The molecule has 0 aliphatic heterocycles. The Balaban J connectivity index is 2.63. The zero-order valence-corrected chi connectivity index (χ0v) is 11.1. The Morgan fingerprint density at radius 2 is 1.94 bits per heavy atom. The molecule has 0 radical (unpaired) electrons. The lowest BCUT2D eigenvalue weighted by Crippen LogP contribution is -2.39. The van der Waals surface area contributed by atoms with Gasteiger partial charge in [0.05, 0.1) is 11.5 Å². The van der Waals surface area contributed by atoms with Crippen molar-refractivity contribution in [2.75, 3.05) is 20.1 Å². The number of hydrogen-bond acceptors (Lipinski definition) is 3. The minimum atomic E-state index is -0.978. The molecule has 2 atom stereocenters. The number of aliphatic hydroxyl groups is 1. The second-order valence-corrected chi connectivity index (χ2v) is 5.08. The van der Waals surface area contributed by atoms with Crippen molar-refractivity contribution in [3.8, 4) is 0 Å². The summed E-state index contributed by atoms with van der Waals surface area (Å²) in [6, 6.07) is 9.39. The molecule has 4 heteroatoms. The van der Waals surface area contributed by atoms with Crippen LogP contribution in [0.4, 0.5) is 0 Å². The standard InChI is InChI=1S/C14H21NO3/c1-11(13(16)17)9-15(3)10-14(2,18)12-7-5-4-6-8-12/h4-8,11,18H,9-10H2,1-3H3,(H,16,17). The summed E-state index contributed by atoms with van der Waals surface area (Å²) in [6.45, 7) is 4.22. The molecular weight excluding hydrogens is 230 g/mol. The van der Waals surface area contributed by atoms with Crippen LogP contribution in [0.3, 0.4) is 0 Å². The molecule has 2 N–H and O–H groups in total. The van der Waals surface area contributed by atoms with Crippen molar-refractivity contribution in [3.05, 3.63) is 35.9 Å². The van der Waals surface area contributed by atoms with Gasteiger partial charge in [-0.1, -0.05) is 37.3 Å². The van der Waals surface area contributed by atoms with Crippen molar-refractivity contribution < 1.29 is 15.0 Å². The van der Waals surface area contributed by atoms with Crippen molar-refractivity contribution in [1.82, 2.24) is 4.90 Å². The molecule has 2 unspecified atom stereocenters. The minimum absolute atomic E-state index is 0.397. The average Bonchev–Trinajstić information content (AvgIpc) is 2.29. The number of carboxylic acid groups (broad SMARTS) is 1. The maximum Gasteiger partial charge on any atom is 0.307 e. The van der Waals surface area contributed by atoms with E-state index >= 15 is 0 Å². The highest BCUT2D eigenvalue weighted by Crippen LogP contribution is 2.21. The first-order chi connectivity index (χ1) is 8.33.